The zero-order valence-corrected chi connectivity index (χ0v) is 17.1. The van der Waals surface area contributed by atoms with Crippen molar-refractivity contribution >= 4 is 40.6 Å². The highest BCUT2D eigenvalue weighted by Gasteiger charge is 2.14. The smallest absolute Gasteiger partial charge is 0.327 e. The van der Waals surface area contributed by atoms with Crippen molar-refractivity contribution in [2.75, 3.05) is 35.0 Å². The SMILES string of the molecule is C=CC(=O)Nc1ccc(OC)c(Nc2cc(N(C)C(=O)Nc3ccccc3)ncn2)c1. The van der Waals surface area contributed by atoms with Gasteiger partial charge in [-0.25, -0.2) is 14.8 Å². The lowest BCUT2D eigenvalue weighted by Crippen LogP contribution is -2.31. The van der Waals surface area contributed by atoms with Crippen LogP contribution in [0, 0.1) is 0 Å². The number of aromatic nitrogens is 2. The zero-order valence-electron chi connectivity index (χ0n) is 17.1. The van der Waals surface area contributed by atoms with Gasteiger partial charge in [0.1, 0.15) is 23.7 Å². The average molecular weight is 418 g/mol. The number of benzene rings is 2. The molecule has 1 aromatic heterocycles. The van der Waals surface area contributed by atoms with Crippen molar-refractivity contribution in [1.29, 1.82) is 0 Å². The number of hydrogen-bond acceptors (Lipinski definition) is 6. The summed E-state index contributed by atoms with van der Waals surface area (Å²) in [5.74, 6) is 1.05. The molecule has 158 valence electrons. The van der Waals surface area contributed by atoms with E-state index in [9.17, 15) is 9.59 Å². The third-order valence-corrected chi connectivity index (χ3v) is 4.24. The molecular weight excluding hydrogens is 396 g/mol. The number of para-hydroxylation sites is 1. The number of hydrogen-bond donors (Lipinski definition) is 3. The summed E-state index contributed by atoms with van der Waals surface area (Å²) in [6, 6.07) is 15.5. The minimum atomic E-state index is -0.345. The second kappa shape index (κ2) is 9.88. The van der Waals surface area contributed by atoms with Crippen molar-refractivity contribution in [2.45, 2.75) is 0 Å². The van der Waals surface area contributed by atoms with Gasteiger partial charge < -0.3 is 20.7 Å². The number of amides is 3. The maximum absolute atomic E-state index is 12.5. The van der Waals surface area contributed by atoms with Gasteiger partial charge in [0.25, 0.3) is 0 Å². The molecule has 0 aliphatic heterocycles. The summed E-state index contributed by atoms with van der Waals surface area (Å²) >= 11 is 0. The fourth-order valence-corrected chi connectivity index (χ4v) is 2.65. The first kappa shape index (κ1) is 21.3. The van der Waals surface area contributed by atoms with Gasteiger partial charge in [-0.3, -0.25) is 9.69 Å². The summed E-state index contributed by atoms with van der Waals surface area (Å²) in [4.78, 5) is 33.8. The Kier molecular flexibility index (Phi) is 6.79. The third-order valence-electron chi connectivity index (χ3n) is 4.24. The Morgan fingerprint density at radius 2 is 1.81 bits per heavy atom. The van der Waals surface area contributed by atoms with Gasteiger partial charge in [0.05, 0.1) is 12.8 Å². The average Bonchev–Trinajstić information content (AvgIpc) is 2.79. The number of urea groups is 1. The molecule has 3 aromatic rings. The predicted molar refractivity (Wildman–Crippen MR) is 121 cm³/mol. The van der Waals surface area contributed by atoms with Crippen molar-refractivity contribution in [3.8, 4) is 5.75 Å². The zero-order chi connectivity index (χ0) is 22.2. The highest BCUT2D eigenvalue weighted by atomic mass is 16.5. The van der Waals surface area contributed by atoms with Crippen LogP contribution in [-0.4, -0.2) is 36.1 Å². The Morgan fingerprint density at radius 3 is 2.52 bits per heavy atom. The molecule has 3 rings (SSSR count). The molecule has 3 N–H and O–H groups in total. The summed E-state index contributed by atoms with van der Waals surface area (Å²) in [5.41, 5.74) is 1.81. The molecule has 0 saturated heterocycles. The fourth-order valence-electron chi connectivity index (χ4n) is 2.65. The van der Waals surface area contributed by atoms with Crippen molar-refractivity contribution in [1.82, 2.24) is 9.97 Å². The Labute approximate surface area is 179 Å². The monoisotopic (exact) mass is 418 g/mol. The van der Waals surface area contributed by atoms with E-state index in [1.165, 1.54) is 24.4 Å². The lowest BCUT2D eigenvalue weighted by molar-refractivity contribution is -0.111. The molecule has 9 heteroatoms. The third kappa shape index (κ3) is 5.57. The summed E-state index contributed by atoms with van der Waals surface area (Å²) in [5, 5.41) is 8.61. The van der Waals surface area contributed by atoms with Crippen LogP contribution in [0.25, 0.3) is 0 Å². The Balaban J connectivity index is 1.78. The molecular formula is C22H22N6O3. The van der Waals surface area contributed by atoms with Gasteiger partial charge in [-0.1, -0.05) is 24.8 Å². The van der Waals surface area contributed by atoms with Crippen LogP contribution in [0.2, 0.25) is 0 Å². The first-order chi connectivity index (χ1) is 15.0. The van der Waals surface area contributed by atoms with Crippen LogP contribution in [0.5, 0.6) is 5.75 Å². The summed E-state index contributed by atoms with van der Waals surface area (Å²) < 4.78 is 5.37. The van der Waals surface area contributed by atoms with Crippen molar-refractivity contribution in [3.63, 3.8) is 0 Å². The Bertz CT molecular complexity index is 1090. The Morgan fingerprint density at radius 1 is 1.03 bits per heavy atom. The number of nitrogens with zero attached hydrogens (tertiary/aromatic N) is 3. The second-order valence-electron chi connectivity index (χ2n) is 6.35. The minimum absolute atomic E-state index is 0.327. The predicted octanol–water partition coefficient (Wildman–Crippen LogP) is 4.02. The van der Waals surface area contributed by atoms with Crippen LogP contribution in [0.3, 0.4) is 0 Å². The van der Waals surface area contributed by atoms with Crippen molar-refractivity contribution < 1.29 is 14.3 Å². The van der Waals surface area contributed by atoms with E-state index in [0.29, 0.717) is 34.4 Å². The quantitative estimate of drug-likeness (QED) is 0.500. The van der Waals surface area contributed by atoms with Crippen molar-refractivity contribution in [2.24, 2.45) is 0 Å². The van der Waals surface area contributed by atoms with Gasteiger partial charge in [-0.05, 0) is 36.4 Å². The molecule has 0 bridgehead atoms. The first-order valence-electron chi connectivity index (χ1n) is 9.30. The van der Waals surface area contributed by atoms with Gasteiger partial charge in [0.15, 0.2) is 0 Å². The number of nitrogens with one attached hydrogen (secondary N) is 3. The molecule has 0 fully saturated rings. The molecule has 9 nitrogen and oxygen atoms in total. The molecule has 0 spiro atoms. The molecule has 2 aromatic carbocycles. The fraction of sp³-hybridized carbons (Fsp3) is 0.0909. The van der Waals surface area contributed by atoms with Crippen LogP contribution < -0.4 is 25.6 Å². The van der Waals surface area contributed by atoms with E-state index in [2.05, 4.69) is 32.5 Å². The molecule has 0 unspecified atom stereocenters. The van der Waals surface area contributed by atoms with E-state index in [1.54, 1.807) is 43.4 Å². The van der Waals surface area contributed by atoms with E-state index in [1.807, 2.05) is 18.2 Å². The summed E-state index contributed by atoms with van der Waals surface area (Å²) in [6.07, 6.45) is 2.53. The van der Waals surface area contributed by atoms with Gasteiger partial charge >= 0.3 is 6.03 Å². The first-order valence-corrected chi connectivity index (χ1v) is 9.30. The van der Waals surface area contributed by atoms with Gasteiger partial charge in [0, 0.05) is 24.5 Å². The van der Waals surface area contributed by atoms with Crippen LogP contribution in [0.4, 0.5) is 33.5 Å². The lowest BCUT2D eigenvalue weighted by Gasteiger charge is -2.18. The number of ether oxygens (including phenoxy) is 1. The van der Waals surface area contributed by atoms with E-state index < -0.39 is 0 Å². The molecule has 0 saturated carbocycles. The maximum Gasteiger partial charge on any atom is 0.327 e. The summed E-state index contributed by atoms with van der Waals surface area (Å²) in [6.45, 7) is 3.44. The second-order valence-corrected chi connectivity index (χ2v) is 6.35. The molecule has 0 radical (unpaired) electrons. The number of rotatable bonds is 7. The van der Waals surface area contributed by atoms with Crippen LogP contribution in [0.15, 0.2) is 73.6 Å². The van der Waals surface area contributed by atoms with E-state index >= 15 is 0 Å². The van der Waals surface area contributed by atoms with Crippen LogP contribution in [0.1, 0.15) is 0 Å². The van der Waals surface area contributed by atoms with Gasteiger partial charge in [-0.15, -0.1) is 0 Å². The molecule has 0 aliphatic carbocycles. The van der Waals surface area contributed by atoms with Gasteiger partial charge in [0.2, 0.25) is 5.91 Å². The number of carbonyl (C=O) groups excluding carboxylic acids is 2. The molecule has 0 aliphatic rings. The highest BCUT2D eigenvalue weighted by molar-refractivity contribution is 6.01. The molecule has 31 heavy (non-hydrogen) atoms. The van der Waals surface area contributed by atoms with Crippen LogP contribution >= 0.6 is 0 Å². The topological polar surface area (TPSA) is 108 Å². The molecule has 1 heterocycles. The molecule has 0 atom stereocenters. The van der Waals surface area contributed by atoms with Crippen LogP contribution in [-0.2, 0) is 4.79 Å². The van der Waals surface area contributed by atoms with E-state index in [0.717, 1.165) is 0 Å². The Hall–Kier alpha value is -4.40. The standard InChI is InChI=1S/C22H22N6O3/c1-4-21(29)25-16-10-11-18(31-3)17(12-16)27-19-13-20(24-14-23-19)28(2)22(30)26-15-8-6-5-7-9-15/h4-14H,1H2,2-3H3,(H,25,29)(H,26,30)(H,23,24,27). The normalized spacial score (nSPS) is 10.0. The lowest BCUT2D eigenvalue weighted by atomic mass is 10.2. The number of anilines is 5. The van der Waals surface area contributed by atoms with E-state index in [-0.39, 0.29) is 11.9 Å². The van der Waals surface area contributed by atoms with E-state index in [4.69, 9.17) is 4.74 Å². The highest BCUT2D eigenvalue weighted by Crippen LogP contribution is 2.30. The van der Waals surface area contributed by atoms with Gasteiger partial charge in [-0.2, -0.15) is 0 Å². The van der Waals surface area contributed by atoms with Crippen molar-refractivity contribution in [3.05, 3.63) is 73.6 Å². The number of carbonyl (C=O) groups is 2. The minimum Gasteiger partial charge on any atom is -0.495 e. The maximum atomic E-state index is 12.5. The largest absolute Gasteiger partial charge is 0.495 e. The number of methoxy groups -OCH3 is 1. The molecule has 3 amide bonds. The summed E-state index contributed by atoms with van der Waals surface area (Å²) in [7, 11) is 3.14.